The summed E-state index contributed by atoms with van der Waals surface area (Å²) in [6, 6.07) is 10.1. The number of benzene rings is 1. The lowest BCUT2D eigenvalue weighted by Gasteiger charge is -2.19. The molecule has 0 fully saturated rings. The number of esters is 1. The number of likely N-dealkylation sites (N-methyl/N-ethyl adjacent to an activating group) is 1. The van der Waals surface area contributed by atoms with Crippen LogP contribution >= 0.6 is 11.8 Å². The lowest BCUT2D eigenvalue weighted by Crippen LogP contribution is -2.36. The summed E-state index contributed by atoms with van der Waals surface area (Å²) in [5.41, 5.74) is 0. The van der Waals surface area contributed by atoms with Gasteiger partial charge in [0.25, 0.3) is 0 Å². The van der Waals surface area contributed by atoms with E-state index in [1.165, 1.54) is 4.90 Å². The number of nitrogens with zero attached hydrogens (tertiary/aromatic N) is 1. The van der Waals surface area contributed by atoms with Crippen LogP contribution in [0.5, 0.6) is 0 Å². The van der Waals surface area contributed by atoms with Gasteiger partial charge in [0.15, 0.2) is 0 Å². The molecule has 0 saturated carbocycles. The maximum absolute atomic E-state index is 12.0. The summed E-state index contributed by atoms with van der Waals surface area (Å²) in [4.78, 5) is 26.2. The minimum Gasteiger partial charge on any atom is -0.465 e. The number of amides is 1. The SMILES string of the molecule is CCOC(=O)CN(CC)C(=O)CCCSc1ccccc1. The molecule has 1 amide bonds. The standard InChI is InChI=1S/C16H23NO3S/c1-3-17(13-16(19)20-4-2)15(18)11-8-12-21-14-9-6-5-7-10-14/h5-7,9-10H,3-4,8,11-13H2,1-2H3. The van der Waals surface area contributed by atoms with Crippen LogP contribution in [0.15, 0.2) is 35.2 Å². The fourth-order valence-electron chi connectivity index (χ4n) is 1.83. The summed E-state index contributed by atoms with van der Waals surface area (Å²) >= 11 is 1.74. The summed E-state index contributed by atoms with van der Waals surface area (Å²) < 4.78 is 4.87. The summed E-state index contributed by atoms with van der Waals surface area (Å²) in [5.74, 6) is 0.567. The molecule has 0 aliphatic rings. The third kappa shape index (κ3) is 7.18. The second-order valence-corrected chi connectivity index (χ2v) is 5.65. The number of hydrogen-bond donors (Lipinski definition) is 0. The summed E-state index contributed by atoms with van der Waals surface area (Å²) in [7, 11) is 0. The van der Waals surface area contributed by atoms with Crippen LogP contribution < -0.4 is 0 Å². The molecule has 5 heteroatoms. The molecular weight excluding hydrogens is 286 g/mol. The van der Waals surface area contributed by atoms with Gasteiger partial charge >= 0.3 is 5.97 Å². The van der Waals surface area contributed by atoms with Gasteiger partial charge in [0, 0.05) is 17.9 Å². The number of ether oxygens (including phenoxy) is 1. The molecule has 1 aromatic rings. The fraction of sp³-hybridized carbons (Fsp3) is 0.500. The van der Waals surface area contributed by atoms with E-state index in [1.54, 1.807) is 23.6 Å². The first-order chi connectivity index (χ1) is 10.2. The van der Waals surface area contributed by atoms with Crippen molar-refractivity contribution >= 4 is 23.6 Å². The van der Waals surface area contributed by atoms with Gasteiger partial charge in [-0.1, -0.05) is 18.2 Å². The lowest BCUT2D eigenvalue weighted by molar-refractivity contribution is -0.148. The molecule has 0 spiro atoms. The first kappa shape index (κ1) is 17.6. The molecule has 4 nitrogen and oxygen atoms in total. The number of carbonyl (C=O) groups is 2. The van der Waals surface area contributed by atoms with Gasteiger partial charge in [-0.2, -0.15) is 0 Å². The van der Waals surface area contributed by atoms with Crippen LogP contribution in [0, 0.1) is 0 Å². The Morgan fingerprint density at radius 1 is 1.19 bits per heavy atom. The zero-order chi connectivity index (χ0) is 15.5. The zero-order valence-corrected chi connectivity index (χ0v) is 13.5. The van der Waals surface area contributed by atoms with Crippen molar-refractivity contribution in [3.8, 4) is 0 Å². The van der Waals surface area contributed by atoms with Crippen LogP contribution in [0.1, 0.15) is 26.7 Å². The third-order valence-corrected chi connectivity index (χ3v) is 4.00. The van der Waals surface area contributed by atoms with Gasteiger partial charge in [0.05, 0.1) is 6.61 Å². The first-order valence-corrected chi connectivity index (χ1v) is 8.27. The zero-order valence-electron chi connectivity index (χ0n) is 12.7. The number of thioether (sulfide) groups is 1. The maximum atomic E-state index is 12.0. The van der Waals surface area contributed by atoms with Crippen molar-refractivity contribution in [2.45, 2.75) is 31.6 Å². The lowest BCUT2D eigenvalue weighted by atomic mass is 10.3. The first-order valence-electron chi connectivity index (χ1n) is 7.28. The number of rotatable bonds is 9. The Morgan fingerprint density at radius 2 is 1.90 bits per heavy atom. The van der Waals surface area contributed by atoms with Gasteiger partial charge in [-0.25, -0.2) is 0 Å². The van der Waals surface area contributed by atoms with Crippen LogP contribution in [0.4, 0.5) is 0 Å². The molecule has 0 aliphatic carbocycles. The van der Waals surface area contributed by atoms with Gasteiger partial charge in [-0.05, 0) is 38.2 Å². The van der Waals surface area contributed by atoms with Crippen molar-refractivity contribution in [2.24, 2.45) is 0 Å². The van der Waals surface area contributed by atoms with E-state index < -0.39 is 0 Å². The van der Waals surface area contributed by atoms with Crippen LogP contribution in [0.2, 0.25) is 0 Å². The molecule has 1 aromatic carbocycles. The van der Waals surface area contributed by atoms with Crippen molar-refractivity contribution in [2.75, 3.05) is 25.4 Å². The Kier molecular flexibility index (Phi) is 8.59. The van der Waals surface area contributed by atoms with E-state index in [-0.39, 0.29) is 18.4 Å². The highest BCUT2D eigenvalue weighted by Gasteiger charge is 2.15. The molecule has 0 atom stereocenters. The minimum absolute atomic E-state index is 0.0132. The van der Waals surface area contributed by atoms with Gasteiger partial charge in [-0.3, -0.25) is 9.59 Å². The predicted octanol–water partition coefficient (Wildman–Crippen LogP) is 2.97. The smallest absolute Gasteiger partial charge is 0.325 e. The molecule has 0 radical (unpaired) electrons. The average molecular weight is 309 g/mol. The molecule has 0 saturated heterocycles. The quantitative estimate of drug-likeness (QED) is 0.400. The van der Waals surface area contributed by atoms with Crippen molar-refractivity contribution in [3.63, 3.8) is 0 Å². The van der Waals surface area contributed by atoms with E-state index in [9.17, 15) is 9.59 Å². The Hall–Kier alpha value is -1.49. The molecule has 0 unspecified atom stereocenters. The van der Waals surface area contributed by atoms with Crippen molar-refractivity contribution < 1.29 is 14.3 Å². The second kappa shape index (κ2) is 10.3. The third-order valence-electron chi connectivity index (χ3n) is 2.91. The van der Waals surface area contributed by atoms with E-state index in [0.717, 1.165) is 12.2 Å². The highest BCUT2D eigenvalue weighted by atomic mass is 32.2. The van der Waals surface area contributed by atoms with Crippen molar-refractivity contribution in [1.82, 2.24) is 4.90 Å². The van der Waals surface area contributed by atoms with Crippen LogP contribution in [0.3, 0.4) is 0 Å². The highest BCUT2D eigenvalue weighted by Crippen LogP contribution is 2.18. The number of carbonyl (C=O) groups excluding carboxylic acids is 2. The molecule has 116 valence electrons. The van der Waals surface area contributed by atoms with Crippen LogP contribution in [-0.2, 0) is 14.3 Å². The number of hydrogen-bond acceptors (Lipinski definition) is 4. The molecule has 0 bridgehead atoms. The van der Waals surface area contributed by atoms with E-state index in [2.05, 4.69) is 12.1 Å². The predicted molar refractivity (Wildman–Crippen MR) is 85.3 cm³/mol. The average Bonchev–Trinajstić information content (AvgIpc) is 2.50. The molecule has 0 aromatic heterocycles. The second-order valence-electron chi connectivity index (χ2n) is 4.48. The minimum atomic E-state index is -0.341. The van der Waals surface area contributed by atoms with Crippen LogP contribution in [-0.4, -0.2) is 42.2 Å². The normalized spacial score (nSPS) is 10.2. The Bertz CT molecular complexity index is 436. The molecule has 0 aliphatic heterocycles. The topological polar surface area (TPSA) is 46.6 Å². The highest BCUT2D eigenvalue weighted by molar-refractivity contribution is 7.99. The van der Waals surface area contributed by atoms with E-state index in [1.807, 2.05) is 25.1 Å². The van der Waals surface area contributed by atoms with E-state index >= 15 is 0 Å². The van der Waals surface area contributed by atoms with Gasteiger partial charge in [0.2, 0.25) is 5.91 Å². The summed E-state index contributed by atoms with van der Waals surface area (Å²) in [6.45, 7) is 4.56. The molecule has 0 heterocycles. The summed E-state index contributed by atoms with van der Waals surface area (Å²) in [6.07, 6.45) is 1.27. The Balaban J connectivity index is 2.26. The van der Waals surface area contributed by atoms with E-state index in [0.29, 0.717) is 19.6 Å². The Morgan fingerprint density at radius 3 is 2.52 bits per heavy atom. The fourth-order valence-corrected chi connectivity index (χ4v) is 2.70. The molecule has 1 rings (SSSR count). The van der Waals surface area contributed by atoms with Crippen molar-refractivity contribution in [1.29, 1.82) is 0 Å². The van der Waals surface area contributed by atoms with Gasteiger partial charge < -0.3 is 9.64 Å². The van der Waals surface area contributed by atoms with Crippen LogP contribution in [0.25, 0.3) is 0 Å². The molecule has 0 N–H and O–H groups in total. The largest absolute Gasteiger partial charge is 0.465 e. The van der Waals surface area contributed by atoms with Gasteiger partial charge in [-0.15, -0.1) is 11.8 Å². The maximum Gasteiger partial charge on any atom is 0.325 e. The molecule has 21 heavy (non-hydrogen) atoms. The summed E-state index contributed by atoms with van der Waals surface area (Å²) in [5, 5.41) is 0. The van der Waals surface area contributed by atoms with E-state index in [4.69, 9.17) is 4.74 Å². The van der Waals surface area contributed by atoms with Gasteiger partial charge in [0.1, 0.15) is 6.54 Å². The van der Waals surface area contributed by atoms with Crippen molar-refractivity contribution in [3.05, 3.63) is 30.3 Å². The monoisotopic (exact) mass is 309 g/mol. The molecular formula is C16H23NO3S. The Labute approximate surface area is 130 Å².